The van der Waals surface area contributed by atoms with Gasteiger partial charge in [0.05, 0.1) is 11.3 Å². The second-order valence-electron chi connectivity index (χ2n) is 4.07. The van der Waals surface area contributed by atoms with Crippen LogP contribution in [0.1, 0.15) is 5.56 Å². The van der Waals surface area contributed by atoms with E-state index < -0.39 is 11.7 Å². The summed E-state index contributed by atoms with van der Waals surface area (Å²) in [5, 5.41) is 11.3. The Bertz CT molecular complexity index is 713. The molecule has 0 unspecified atom stereocenters. The maximum Gasteiger partial charge on any atom is 0.262 e. The van der Waals surface area contributed by atoms with Crippen LogP contribution in [0, 0.1) is 17.1 Å². The molecule has 1 N–H and O–H groups in total. The number of anilines is 1. The van der Waals surface area contributed by atoms with Gasteiger partial charge in [-0.2, -0.15) is 5.26 Å². The summed E-state index contributed by atoms with van der Waals surface area (Å²) in [6.45, 7) is -0.311. The lowest BCUT2D eigenvalue weighted by Crippen LogP contribution is -2.21. The van der Waals surface area contributed by atoms with Gasteiger partial charge in [-0.25, -0.2) is 4.39 Å². The molecule has 106 valence electrons. The van der Waals surface area contributed by atoms with Crippen molar-refractivity contribution in [3.8, 4) is 11.8 Å². The van der Waals surface area contributed by atoms with Gasteiger partial charge in [-0.3, -0.25) is 4.79 Å². The molecule has 0 aromatic heterocycles. The van der Waals surface area contributed by atoms with Crippen LogP contribution in [0.2, 0.25) is 0 Å². The highest BCUT2D eigenvalue weighted by molar-refractivity contribution is 9.10. The molecule has 0 saturated carbocycles. The van der Waals surface area contributed by atoms with Gasteiger partial charge in [0.1, 0.15) is 17.6 Å². The summed E-state index contributed by atoms with van der Waals surface area (Å²) in [6.07, 6.45) is 0. The predicted octanol–water partition coefficient (Wildman–Crippen LogP) is 3.48. The van der Waals surface area contributed by atoms with Crippen LogP contribution in [0.3, 0.4) is 0 Å². The minimum absolute atomic E-state index is 0.0698. The number of para-hydroxylation sites is 1. The molecule has 2 rings (SSSR count). The first-order chi connectivity index (χ1) is 10.1. The Morgan fingerprint density at radius 3 is 2.81 bits per heavy atom. The Labute approximate surface area is 129 Å². The molecule has 2 aromatic carbocycles. The summed E-state index contributed by atoms with van der Waals surface area (Å²) in [6, 6.07) is 12.8. The summed E-state index contributed by atoms with van der Waals surface area (Å²) in [5.74, 6) is -0.745. The van der Waals surface area contributed by atoms with Crippen molar-refractivity contribution in [2.24, 2.45) is 0 Å². The number of ether oxygens (including phenoxy) is 1. The van der Waals surface area contributed by atoms with Crippen LogP contribution in [0.5, 0.6) is 5.75 Å². The molecule has 0 heterocycles. The van der Waals surface area contributed by atoms with Gasteiger partial charge in [0, 0.05) is 4.47 Å². The summed E-state index contributed by atoms with van der Waals surface area (Å²) in [4.78, 5) is 11.7. The number of carbonyl (C=O) groups is 1. The largest absolute Gasteiger partial charge is 0.482 e. The molecule has 0 saturated heterocycles. The highest BCUT2D eigenvalue weighted by atomic mass is 79.9. The van der Waals surface area contributed by atoms with Crippen molar-refractivity contribution in [1.82, 2.24) is 0 Å². The Balaban J connectivity index is 1.98. The second kappa shape index (κ2) is 6.86. The van der Waals surface area contributed by atoms with E-state index in [0.29, 0.717) is 15.8 Å². The van der Waals surface area contributed by atoms with E-state index in [9.17, 15) is 9.18 Å². The van der Waals surface area contributed by atoms with Gasteiger partial charge in [-0.15, -0.1) is 0 Å². The van der Waals surface area contributed by atoms with Crippen LogP contribution >= 0.6 is 15.9 Å². The molecule has 0 aliphatic heterocycles. The molecular weight excluding hydrogens is 339 g/mol. The third-order valence-electron chi connectivity index (χ3n) is 2.57. The Morgan fingerprint density at radius 1 is 1.33 bits per heavy atom. The maximum absolute atomic E-state index is 13.6. The zero-order valence-electron chi connectivity index (χ0n) is 10.8. The van der Waals surface area contributed by atoms with E-state index in [0.717, 1.165) is 0 Å². The van der Waals surface area contributed by atoms with Crippen LogP contribution in [0.4, 0.5) is 10.1 Å². The average molecular weight is 349 g/mol. The number of benzene rings is 2. The van der Waals surface area contributed by atoms with Crippen molar-refractivity contribution < 1.29 is 13.9 Å². The molecule has 0 fully saturated rings. The topological polar surface area (TPSA) is 62.1 Å². The Morgan fingerprint density at radius 2 is 2.10 bits per heavy atom. The Kier molecular flexibility index (Phi) is 4.90. The van der Waals surface area contributed by atoms with Crippen LogP contribution < -0.4 is 10.1 Å². The van der Waals surface area contributed by atoms with Crippen LogP contribution in [-0.4, -0.2) is 12.5 Å². The summed E-state index contributed by atoms with van der Waals surface area (Å²) in [7, 11) is 0. The van der Waals surface area contributed by atoms with Gasteiger partial charge in [0.15, 0.2) is 6.61 Å². The van der Waals surface area contributed by atoms with Gasteiger partial charge < -0.3 is 10.1 Å². The number of nitrogens with one attached hydrogen (secondary N) is 1. The van der Waals surface area contributed by atoms with Crippen molar-refractivity contribution in [1.29, 1.82) is 5.26 Å². The minimum Gasteiger partial charge on any atom is -0.482 e. The molecule has 6 heteroatoms. The smallest absolute Gasteiger partial charge is 0.262 e. The monoisotopic (exact) mass is 348 g/mol. The molecule has 0 aliphatic carbocycles. The van der Waals surface area contributed by atoms with Crippen LogP contribution in [0.25, 0.3) is 0 Å². The van der Waals surface area contributed by atoms with Gasteiger partial charge in [-0.1, -0.05) is 28.1 Å². The fourth-order valence-electron chi connectivity index (χ4n) is 1.61. The molecule has 0 atom stereocenters. The molecule has 0 spiro atoms. The Hall–Kier alpha value is -2.39. The summed E-state index contributed by atoms with van der Waals surface area (Å²) in [5.41, 5.74) is 0.403. The van der Waals surface area contributed by atoms with Crippen LogP contribution in [0.15, 0.2) is 46.9 Å². The zero-order valence-corrected chi connectivity index (χ0v) is 12.4. The molecule has 4 nitrogen and oxygen atoms in total. The van der Waals surface area contributed by atoms with E-state index in [4.69, 9.17) is 10.00 Å². The first kappa shape index (κ1) is 15.0. The maximum atomic E-state index is 13.6. The third-order valence-corrected chi connectivity index (χ3v) is 3.06. The standard InChI is InChI=1S/C15H10BrFN2O2/c16-11-5-6-13(12(17)7-11)19-15(20)9-21-14-4-2-1-3-10(14)8-18/h1-7H,9H2,(H,19,20). The van der Waals surface area contributed by atoms with Gasteiger partial charge in [0.25, 0.3) is 5.91 Å². The number of carbonyl (C=O) groups excluding carboxylic acids is 1. The molecule has 0 radical (unpaired) electrons. The van der Waals surface area contributed by atoms with Crippen molar-refractivity contribution in [2.45, 2.75) is 0 Å². The highest BCUT2D eigenvalue weighted by Gasteiger charge is 2.09. The number of nitrogens with zero attached hydrogens (tertiary/aromatic N) is 1. The molecule has 0 bridgehead atoms. The van der Waals surface area contributed by atoms with Crippen molar-refractivity contribution in [3.05, 3.63) is 58.3 Å². The van der Waals surface area contributed by atoms with Gasteiger partial charge in [0.2, 0.25) is 0 Å². The average Bonchev–Trinajstić information content (AvgIpc) is 2.48. The lowest BCUT2D eigenvalue weighted by molar-refractivity contribution is -0.118. The first-order valence-corrected chi connectivity index (χ1v) is 6.76. The van der Waals surface area contributed by atoms with E-state index in [1.165, 1.54) is 12.1 Å². The number of nitriles is 1. The number of halogens is 2. The zero-order chi connectivity index (χ0) is 15.2. The van der Waals surface area contributed by atoms with E-state index in [1.54, 1.807) is 30.3 Å². The van der Waals surface area contributed by atoms with E-state index in [-0.39, 0.29) is 12.3 Å². The number of rotatable bonds is 4. The molecule has 1 amide bonds. The lowest BCUT2D eigenvalue weighted by Gasteiger charge is -2.09. The van der Waals surface area contributed by atoms with E-state index in [1.807, 2.05) is 6.07 Å². The van der Waals surface area contributed by atoms with Gasteiger partial charge in [-0.05, 0) is 30.3 Å². The number of hydrogen-bond acceptors (Lipinski definition) is 3. The first-order valence-electron chi connectivity index (χ1n) is 5.97. The van der Waals surface area contributed by atoms with Gasteiger partial charge >= 0.3 is 0 Å². The molecule has 21 heavy (non-hydrogen) atoms. The summed E-state index contributed by atoms with van der Waals surface area (Å²) < 4.78 is 19.4. The fourth-order valence-corrected chi connectivity index (χ4v) is 1.94. The van der Waals surface area contributed by atoms with Crippen molar-refractivity contribution in [2.75, 3.05) is 11.9 Å². The lowest BCUT2D eigenvalue weighted by atomic mass is 10.2. The van der Waals surface area contributed by atoms with Crippen LogP contribution in [-0.2, 0) is 4.79 Å². The third kappa shape index (κ3) is 4.04. The van der Waals surface area contributed by atoms with E-state index in [2.05, 4.69) is 21.2 Å². The second-order valence-corrected chi connectivity index (χ2v) is 4.98. The van der Waals surface area contributed by atoms with E-state index >= 15 is 0 Å². The minimum atomic E-state index is -0.546. The fraction of sp³-hybridized carbons (Fsp3) is 0.0667. The molecular formula is C15H10BrFN2O2. The normalized spacial score (nSPS) is 9.76. The quantitative estimate of drug-likeness (QED) is 0.919. The highest BCUT2D eigenvalue weighted by Crippen LogP contribution is 2.20. The number of amides is 1. The number of hydrogen-bond donors (Lipinski definition) is 1. The van der Waals surface area contributed by atoms with Crippen molar-refractivity contribution >= 4 is 27.5 Å². The summed E-state index contributed by atoms with van der Waals surface area (Å²) >= 11 is 3.13. The SMILES string of the molecule is N#Cc1ccccc1OCC(=O)Nc1ccc(Br)cc1F. The molecule has 0 aliphatic rings. The molecule has 2 aromatic rings. The van der Waals surface area contributed by atoms with Crippen molar-refractivity contribution in [3.63, 3.8) is 0 Å². The predicted molar refractivity (Wildman–Crippen MR) is 79.4 cm³/mol.